The summed E-state index contributed by atoms with van der Waals surface area (Å²) in [5.41, 5.74) is -2.28. The maximum absolute atomic E-state index is 11.6. The van der Waals surface area contributed by atoms with Crippen molar-refractivity contribution in [2.24, 2.45) is 0 Å². The standard InChI is InChI=1S/C13H10O7/c1-2-13(11(18)20-12(13)19)6-3-4-7(9(14)15)8(5-6)10(16)17/h3-5H,2H2,1H3,(H,14,15)(H,16,17). The minimum absolute atomic E-state index is 0.107. The molecule has 1 heterocycles. The average molecular weight is 278 g/mol. The first-order valence-corrected chi connectivity index (χ1v) is 5.72. The van der Waals surface area contributed by atoms with Crippen LogP contribution in [-0.4, -0.2) is 34.1 Å². The second-order valence-electron chi connectivity index (χ2n) is 4.31. The number of carbonyl (C=O) groups excluding carboxylic acids is 2. The quantitative estimate of drug-likeness (QED) is 0.618. The smallest absolute Gasteiger partial charge is 0.336 e. The average Bonchev–Trinajstić information content (AvgIpc) is 2.39. The van der Waals surface area contributed by atoms with Gasteiger partial charge in [-0.25, -0.2) is 19.2 Å². The van der Waals surface area contributed by atoms with E-state index in [0.717, 1.165) is 12.1 Å². The van der Waals surface area contributed by atoms with Gasteiger partial charge in [-0.3, -0.25) is 0 Å². The van der Waals surface area contributed by atoms with Gasteiger partial charge in [-0.15, -0.1) is 0 Å². The van der Waals surface area contributed by atoms with Crippen LogP contribution in [0.15, 0.2) is 18.2 Å². The Morgan fingerprint density at radius 3 is 2.05 bits per heavy atom. The molecule has 1 saturated heterocycles. The fraction of sp³-hybridized carbons (Fsp3) is 0.231. The Balaban J connectivity index is 2.63. The first kappa shape index (κ1) is 13.7. The van der Waals surface area contributed by atoms with Gasteiger partial charge in [0.15, 0.2) is 5.41 Å². The van der Waals surface area contributed by atoms with E-state index in [2.05, 4.69) is 4.74 Å². The second-order valence-corrected chi connectivity index (χ2v) is 4.31. The predicted octanol–water partition coefficient (Wildman–Crippen LogP) is 0.814. The lowest BCUT2D eigenvalue weighted by molar-refractivity contribution is -0.188. The summed E-state index contributed by atoms with van der Waals surface area (Å²) in [7, 11) is 0. The van der Waals surface area contributed by atoms with Crippen LogP contribution in [0.1, 0.15) is 39.6 Å². The molecule has 2 rings (SSSR count). The lowest BCUT2D eigenvalue weighted by Gasteiger charge is -2.35. The summed E-state index contributed by atoms with van der Waals surface area (Å²) in [5.74, 6) is -4.37. The molecule has 0 spiro atoms. The van der Waals surface area contributed by atoms with Gasteiger partial charge < -0.3 is 14.9 Å². The van der Waals surface area contributed by atoms with Gasteiger partial charge in [0.25, 0.3) is 0 Å². The molecule has 0 aliphatic carbocycles. The molecule has 0 aromatic heterocycles. The van der Waals surface area contributed by atoms with Crippen LogP contribution in [0.2, 0.25) is 0 Å². The van der Waals surface area contributed by atoms with Crippen LogP contribution in [0.3, 0.4) is 0 Å². The number of benzene rings is 1. The van der Waals surface area contributed by atoms with Gasteiger partial charge in [0.1, 0.15) is 0 Å². The van der Waals surface area contributed by atoms with E-state index in [1.54, 1.807) is 6.92 Å². The van der Waals surface area contributed by atoms with Gasteiger partial charge in [-0.1, -0.05) is 13.0 Å². The van der Waals surface area contributed by atoms with E-state index < -0.39 is 40.4 Å². The summed E-state index contributed by atoms with van der Waals surface area (Å²) in [5, 5.41) is 18.0. The van der Waals surface area contributed by atoms with Gasteiger partial charge >= 0.3 is 23.9 Å². The van der Waals surface area contributed by atoms with E-state index in [4.69, 9.17) is 10.2 Å². The van der Waals surface area contributed by atoms with Gasteiger partial charge in [0.05, 0.1) is 11.1 Å². The number of hydrogen-bond donors (Lipinski definition) is 2. The third-order valence-electron chi connectivity index (χ3n) is 3.39. The highest BCUT2D eigenvalue weighted by Crippen LogP contribution is 2.39. The zero-order chi connectivity index (χ0) is 15.1. The highest BCUT2D eigenvalue weighted by atomic mass is 16.6. The zero-order valence-electron chi connectivity index (χ0n) is 10.4. The summed E-state index contributed by atoms with van der Waals surface area (Å²) < 4.78 is 4.34. The second kappa shape index (κ2) is 4.44. The van der Waals surface area contributed by atoms with E-state index in [1.165, 1.54) is 6.07 Å². The van der Waals surface area contributed by atoms with E-state index in [0.29, 0.717) is 0 Å². The normalized spacial score (nSPS) is 16.2. The van der Waals surface area contributed by atoms with Crippen LogP contribution in [0, 0.1) is 0 Å². The molecule has 0 amide bonds. The molecule has 0 bridgehead atoms. The van der Waals surface area contributed by atoms with Crippen molar-refractivity contribution in [2.45, 2.75) is 18.8 Å². The summed E-state index contributed by atoms with van der Waals surface area (Å²) >= 11 is 0. The Morgan fingerprint density at radius 1 is 1.10 bits per heavy atom. The van der Waals surface area contributed by atoms with Crippen LogP contribution in [0.5, 0.6) is 0 Å². The molecule has 1 aliphatic heterocycles. The minimum Gasteiger partial charge on any atom is -0.478 e. The summed E-state index contributed by atoms with van der Waals surface area (Å²) in [4.78, 5) is 45.2. The Morgan fingerprint density at radius 2 is 1.65 bits per heavy atom. The van der Waals surface area contributed by atoms with Crippen molar-refractivity contribution in [3.63, 3.8) is 0 Å². The number of carboxylic acids is 2. The fourth-order valence-electron chi connectivity index (χ4n) is 2.20. The number of esters is 2. The summed E-state index contributed by atoms with van der Waals surface area (Å²) in [6.07, 6.45) is 0.107. The van der Waals surface area contributed by atoms with Crippen molar-refractivity contribution in [3.8, 4) is 0 Å². The van der Waals surface area contributed by atoms with Gasteiger partial charge in [-0.2, -0.15) is 0 Å². The Kier molecular flexibility index (Phi) is 3.05. The molecule has 0 saturated carbocycles. The Bertz CT molecular complexity index is 630. The van der Waals surface area contributed by atoms with E-state index in [9.17, 15) is 19.2 Å². The molecule has 20 heavy (non-hydrogen) atoms. The number of aromatic carboxylic acids is 2. The highest BCUT2D eigenvalue weighted by molar-refractivity contribution is 6.19. The van der Waals surface area contributed by atoms with E-state index in [1.807, 2.05) is 0 Å². The van der Waals surface area contributed by atoms with Crippen LogP contribution < -0.4 is 0 Å². The van der Waals surface area contributed by atoms with Crippen molar-refractivity contribution < 1.29 is 34.1 Å². The number of cyclic esters (lactones) is 2. The molecule has 7 heteroatoms. The van der Waals surface area contributed by atoms with Gasteiger partial charge in [-0.05, 0) is 24.1 Å². The van der Waals surface area contributed by atoms with E-state index in [-0.39, 0.29) is 12.0 Å². The van der Waals surface area contributed by atoms with Crippen LogP contribution >= 0.6 is 0 Å². The van der Waals surface area contributed by atoms with Crippen LogP contribution in [0.25, 0.3) is 0 Å². The first-order chi connectivity index (χ1) is 9.34. The first-order valence-electron chi connectivity index (χ1n) is 5.72. The number of ether oxygens (including phenoxy) is 1. The molecule has 1 fully saturated rings. The molecule has 0 atom stereocenters. The lowest BCUT2D eigenvalue weighted by Crippen LogP contribution is -2.56. The molecule has 1 aliphatic rings. The molecule has 104 valence electrons. The summed E-state index contributed by atoms with van der Waals surface area (Å²) in [6.45, 7) is 1.59. The number of hydrogen-bond acceptors (Lipinski definition) is 5. The molecule has 0 unspecified atom stereocenters. The molecular weight excluding hydrogens is 268 g/mol. The van der Waals surface area contributed by atoms with Gasteiger partial charge in [0.2, 0.25) is 0 Å². The van der Waals surface area contributed by atoms with E-state index >= 15 is 0 Å². The minimum atomic E-state index is -1.53. The molecule has 0 radical (unpaired) electrons. The molecule has 1 aromatic rings. The largest absolute Gasteiger partial charge is 0.478 e. The highest BCUT2D eigenvalue weighted by Gasteiger charge is 2.58. The van der Waals surface area contributed by atoms with Crippen molar-refractivity contribution in [3.05, 3.63) is 34.9 Å². The third kappa shape index (κ3) is 1.67. The Labute approximate surface area is 112 Å². The van der Waals surface area contributed by atoms with Gasteiger partial charge in [0, 0.05) is 0 Å². The summed E-state index contributed by atoms with van der Waals surface area (Å²) in [6, 6.07) is 3.36. The topological polar surface area (TPSA) is 118 Å². The van der Waals surface area contributed by atoms with Crippen molar-refractivity contribution in [2.75, 3.05) is 0 Å². The van der Waals surface area contributed by atoms with Crippen molar-refractivity contribution in [1.29, 1.82) is 0 Å². The van der Waals surface area contributed by atoms with Crippen molar-refractivity contribution in [1.82, 2.24) is 0 Å². The maximum atomic E-state index is 11.6. The molecular formula is C13H10O7. The molecule has 2 N–H and O–H groups in total. The predicted molar refractivity (Wildman–Crippen MR) is 63.4 cm³/mol. The monoisotopic (exact) mass is 278 g/mol. The number of rotatable bonds is 4. The SMILES string of the molecule is CCC1(c2ccc(C(=O)O)c(C(=O)O)c2)C(=O)OC1=O. The Hall–Kier alpha value is -2.70. The fourth-order valence-corrected chi connectivity index (χ4v) is 2.20. The zero-order valence-corrected chi connectivity index (χ0v) is 10.4. The van der Waals surface area contributed by atoms with Crippen LogP contribution in [0.4, 0.5) is 0 Å². The lowest BCUT2D eigenvalue weighted by atomic mass is 9.74. The third-order valence-corrected chi connectivity index (χ3v) is 3.39. The molecule has 1 aromatic carbocycles. The van der Waals surface area contributed by atoms with Crippen molar-refractivity contribution >= 4 is 23.9 Å². The van der Waals surface area contributed by atoms with Crippen LogP contribution in [-0.2, 0) is 19.7 Å². The number of carbonyl (C=O) groups is 4. The molecule has 7 nitrogen and oxygen atoms in total. The number of carboxylic acid groups (broad SMARTS) is 2. The maximum Gasteiger partial charge on any atom is 0.336 e.